The van der Waals surface area contributed by atoms with Crippen molar-refractivity contribution in [1.29, 1.82) is 0 Å². The monoisotopic (exact) mass is 229 g/mol. The number of aromatic nitrogens is 2. The van der Waals surface area contributed by atoms with Gasteiger partial charge in [-0.1, -0.05) is 29.8 Å². The van der Waals surface area contributed by atoms with Crippen LogP contribution in [0.5, 0.6) is 0 Å². The van der Waals surface area contributed by atoms with Crippen LogP contribution in [0.15, 0.2) is 36.5 Å². The lowest BCUT2D eigenvalue weighted by Gasteiger charge is -2.04. The van der Waals surface area contributed by atoms with Crippen molar-refractivity contribution >= 4 is 5.91 Å². The average Bonchev–Trinajstić information content (AvgIpc) is 2.81. The molecule has 2 N–H and O–H groups in total. The maximum absolute atomic E-state index is 11.6. The topological polar surface area (TPSA) is 57.8 Å². The number of aromatic amines is 1. The second-order valence-electron chi connectivity index (χ2n) is 4.02. The second kappa shape index (κ2) is 5.30. The summed E-state index contributed by atoms with van der Waals surface area (Å²) in [5.41, 5.74) is 3.15. The molecule has 0 aliphatic heterocycles. The molecule has 0 aliphatic rings. The number of benzene rings is 1. The van der Waals surface area contributed by atoms with Crippen LogP contribution in [0.25, 0.3) is 0 Å². The highest BCUT2D eigenvalue weighted by molar-refractivity contribution is 5.78. The largest absolute Gasteiger partial charge is 0.352 e. The molecule has 0 spiro atoms. The normalized spacial score (nSPS) is 10.2. The van der Waals surface area contributed by atoms with Crippen LogP contribution in [-0.2, 0) is 17.8 Å². The molecule has 0 aliphatic carbocycles. The third-order valence-corrected chi connectivity index (χ3v) is 2.52. The SMILES string of the molecule is Cc1ccc(CNC(=O)Cc2ccn[nH]2)cc1. The van der Waals surface area contributed by atoms with Crippen molar-refractivity contribution in [3.05, 3.63) is 53.3 Å². The maximum atomic E-state index is 11.6. The summed E-state index contributed by atoms with van der Waals surface area (Å²) in [6, 6.07) is 9.91. The van der Waals surface area contributed by atoms with Crippen LogP contribution in [0.2, 0.25) is 0 Å². The number of nitrogens with one attached hydrogen (secondary N) is 2. The minimum absolute atomic E-state index is 0.00479. The molecule has 17 heavy (non-hydrogen) atoms. The summed E-state index contributed by atoms with van der Waals surface area (Å²) < 4.78 is 0. The van der Waals surface area contributed by atoms with Crippen LogP contribution in [0.3, 0.4) is 0 Å². The van der Waals surface area contributed by atoms with E-state index in [2.05, 4.69) is 15.5 Å². The lowest BCUT2D eigenvalue weighted by Crippen LogP contribution is -2.24. The molecule has 0 fully saturated rings. The molecule has 2 aromatic rings. The standard InChI is InChI=1S/C13H15N3O/c1-10-2-4-11(5-3-10)9-14-13(17)8-12-6-7-15-16-12/h2-7H,8-9H2,1H3,(H,14,17)(H,15,16). The highest BCUT2D eigenvalue weighted by Crippen LogP contribution is 2.02. The smallest absolute Gasteiger partial charge is 0.226 e. The molecule has 1 amide bonds. The number of hydrogen-bond donors (Lipinski definition) is 2. The fourth-order valence-corrected chi connectivity index (χ4v) is 1.53. The Bertz CT molecular complexity index is 474. The van der Waals surface area contributed by atoms with E-state index < -0.39 is 0 Å². The van der Waals surface area contributed by atoms with Gasteiger partial charge in [0.1, 0.15) is 0 Å². The van der Waals surface area contributed by atoms with Crippen molar-refractivity contribution in [2.24, 2.45) is 0 Å². The summed E-state index contributed by atoms with van der Waals surface area (Å²) in [4.78, 5) is 11.6. The first kappa shape index (κ1) is 11.4. The van der Waals surface area contributed by atoms with Crippen molar-refractivity contribution in [1.82, 2.24) is 15.5 Å². The van der Waals surface area contributed by atoms with E-state index in [0.717, 1.165) is 11.3 Å². The number of amides is 1. The predicted octanol–water partition coefficient (Wildman–Crippen LogP) is 1.58. The highest BCUT2D eigenvalue weighted by Gasteiger charge is 2.03. The van der Waals surface area contributed by atoms with E-state index in [9.17, 15) is 4.79 Å². The number of nitrogens with zero attached hydrogens (tertiary/aromatic N) is 1. The summed E-state index contributed by atoms with van der Waals surface area (Å²) in [7, 11) is 0. The van der Waals surface area contributed by atoms with E-state index >= 15 is 0 Å². The van der Waals surface area contributed by atoms with Gasteiger partial charge in [-0.2, -0.15) is 5.10 Å². The Hall–Kier alpha value is -2.10. The molecule has 4 heteroatoms. The van der Waals surface area contributed by atoms with Crippen molar-refractivity contribution < 1.29 is 4.79 Å². The number of carbonyl (C=O) groups excluding carboxylic acids is 1. The van der Waals surface area contributed by atoms with Gasteiger partial charge in [-0.25, -0.2) is 0 Å². The third kappa shape index (κ3) is 3.45. The summed E-state index contributed by atoms with van der Waals surface area (Å²) in [5.74, 6) is -0.00479. The first-order chi connectivity index (χ1) is 8.24. The Balaban J connectivity index is 1.82. The van der Waals surface area contributed by atoms with E-state index in [-0.39, 0.29) is 5.91 Å². The Morgan fingerprint density at radius 3 is 2.71 bits per heavy atom. The van der Waals surface area contributed by atoms with Crippen molar-refractivity contribution in [3.8, 4) is 0 Å². The van der Waals surface area contributed by atoms with E-state index in [0.29, 0.717) is 13.0 Å². The van der Waals surface area contributed by atoms with Crippen LogP contribution in [0, 0.1) is 6.92 Å². The molecule has 0 saturated heterocycles. The van der Waals surface area contributed by atoms with Crippen molar-refractivity contribution in [2.45, 2.75) is 19.9 Å². The predicted molar refractivity (Wildman–Crippen MR) is 65.3 cm³/mol. The van der Waals surface area contributed by atoms with Crippen LogP contribution in [0.1, 0.15) is 16.8 Å². The summed E-state index contributed by atoms with van der Waals surface area (Å²) in [6.45, 7) is 2.61. The number of H-pyrrole nitrogens is 1. The maximum Gasteiger partial charge on any atom is 0.226 e. The molecule has 2 rings (SSSR count). The van der Waals surface area contributed by atoms with Crippen LogP contribution in [-0.4, -0.2) is 16.1 Å². The van der Waals surface area contributed by atoms with Crippen molar-refractivity contribution in [2.75, 3.05) is 0 Å². The number of rotatable bonds is 4. The summed E-state index contributed by atoms with van der Waals surface area (Å²) in [5, 5.41) is 9.43. The summed E-state index contributed by atoms with van der Waals surface area (Å²) >= 11 is 0. The fraction of sp³-hybridized carbons (Fsp3) is 0.231. The van der Waals surface area contributed by atoms with Gasteiger partial charge in [-0.15, -0.1) is 0 Å². The molecule has 1 aromatic heterocycles. The van der Waals surface area contributed by atoms with Crippen LogP contribution in [0.4, 0.5) is 0 Å². The number of hydrogen-bond acceptors (Lipinski definition) is 2. The van der Waals surface area contributed by atoms with Gasteiger partial charge in [-0.3, -0.25) is 9.89 Å². The van der Waals surface area contributed by atoms with Crippen molar-refractivity contribution in [3.63, 3.8) is 0 Å². The molecule has 0 radical (unpaired) electrons. The van der Waals surface area contributed by atoms with Gasteiger partial charge in [0.05, 0.1) is 6.42 Å². The Kier molecular flexibility index (Phi) is 3.55. The second-order valence-corrected chi connectivity index (χ2v) is 4.02. The number of carbonyl (C=O) groups is 1. The van der Waals surface area contributed by atoms with E-state index in [4.69, 9.17) is 0 Å². The zero-order valence-electron chi connectivity index (χ0n) is 9.73. The Labute approximate surface area is 100 Å². The van der Waals surface area contributed by atoms with Gasteiger partial charge in [0, 0.05) is 18.4 Å². The molecule has 4 nitrogen and oxygen atoms in total. The van der Waals surface area contributed by atoms with Gasteiger partial charge < -0.3 is 5.32 Å². The molecular weight excluding hydrogens is 214 g/mol. The van der Waals surface area contributed by atoms with E-state index in [1.165, 1.54) is 5.56 Å². The van der Waals surface area contributed by atoms with Crippen LogP contribution >= 0.6 is 0 Å². The average molecular weight is 229 g/mol. The lowest BCUT2D eigenvalue weighted by atomic mass is 10.1. The first-order valence-corrected chi connectivity index (χ1v) is 5.54. The molecule has 1 aromatic carbocycles. The Morgan fingerprint density at radius 2 is 2.06 bits per heavy atom. The van der Waals surface area contributed by atoms with Gasteiger partial charge >= 0.3 is 0 Å². The molecule has 0 atom stereocenters. The summed E-state index contributed by atoms with van der Waals surface area (Å²) in [6.07, 6.45) is 1.98. The Morgan fingerprint density at radius 1 is 1.29 bits per heavy atom. The van der Waals surface area contributed by atoms with Gasteiger partial charge in [0.2, 0.25) is 5.91 Å². The van der Waals surface area contributed by atoms with Gasteiger partial charge in [0.15, 0.2) is 0 Å². The van der Waals surface area contributed by atoms with Crippen LogP contribution < -0.4 is 5.32 Å². The van der Waals surface area contributed by atoms with Gasteiger partial charge in [0.25, 0.3) is 0 Å². The molecule has 0 bridgehead atoms. The zero-order valence-corrected chi connectivity index (χ0v) is 9.73. The quantitative estimate of drug-likeness (QED) is 0.836. The molecule has 0 unspecified atom stereocenters. The zero-order chi connectivity index (χ0) is 12.1. The minimum Gasteiger partial charge on any atom is -0.352 e. The lowest BCUT2D eigenvalue weighted by molar-refractivity contribution is -0.120. The molecular formula is C13H15N3O. The van der Waals surface area contributed by atoms with E-state index in [1.54, 1.807) is 12.3 Å². The third-order valence-electron chi connectivity index (χ3n) is 2.52. The van der Waals surface area contributed by atoms with E-state index in [1.807, 2.05) is 31.2 Å². The number of aryl methyl sites for hydroxylation is 1. The molecule has 1 heterocycles. The first-order valence-electron chi connectivity index (χ1n) is 5.54. The fourth-order valence-electron chi connectivity index (χ4n) is 1.53. The molecule has 88 valence electrons. The molecule has 0 saturated carbocycles. The highest BCUT2D eigenvalue weighted by atomic mass is 16.1. The van der Waals surface area contributed by atoms with Gasteiger partial charge in [-0.05, 0) is 18.6 Å². The minimum atomic E-state index is -0.00479.